The minimum absolute atomic E-state index is 0.0929. The predicted octanol–water partition coefficient (Wildman–Crippen LogP) is 4.01. The molecule has 6 heteroatoms. The van der Waals surface area contributed by atoms with Gasteiger partial charge in [0.15, 0.2) is 0 Å². The molecule has 1 aromatic carbocycles. The maximum absolute atomic E-state index is 13.2. The first kappa shape index (κ1) is 15.2. The van der Waals surface area contributed by atoms with Crippen molar-refractivity contribution in [2.24, 2.45) is 0 Å². The molecule has 108 valence electrons. The fourth-order valence-corrected chi connectivity index (χ4v) is 2.46. The van der Waals surface area contributed by atoms with Crippen LogP contribution >= 0.6 is 22.9 Å². The van der Waals surface area contributed by atoms with E-state index >= 15 is 0 Å². The van der Waals surface area contributed by atoms with E-state index in [0.717, 1.165) is 30.2 Å². The molecule has 0 amide bonds. The lowest BCUT2D eigenvalue weighted by Crippen LogP contribution is -2.13. The molecule has 0 aliphatic rings. The predicted molar refractivity (Wildman–Crippen MR) is 79.9 cm³/mol. The first-order chi connectivity index (χ1) is 9.69. The Morgan fingerprint density at radius 1 is 1.45 bits per heavy atom. The van der Waals surface area contributed by atoms with Crippen LogP contribution in [0.2, 0.25) is 5.02 Å². The van der Waals surface area contributed by atoms with Crippen molar-refractivity contribution in [3.8, 4) is 5.75 Å². The number of hydrogen-bond acceptors (Lipinski definition) is 4. The van der Waals surface area contributed by atoms with E-state index in [1.165, 1.54) is 12.1 Å². The Morgan fingerprint density at radius 2 is 2.30 bits per heavy atom. The Hall–Kier alpha value is -1.17. The smallest absolute Gasteiger partial charge is 0.145 e. The minimum atomic E-state index is -0.480. The van der Waals surface area contributed by atoms with Crippen molar-refractivity contribution in [1.29, 1.82) is 0 Å². The molecule has 20 heavy (non-hydrogen) atoms. The molecule has 3 nitrogen and oxygen atoms in total. The second-order valence-corrected chi connectivity index (χ2v) is 5.62. The molecule has 1 heterocycles. The van der Waals surface area contributed by atoms with Gasteiger partial charge in [0, 0.05) is 18.0 Å². The largest absolute Gasteiger partial charge is 0.487 e. The third-order valence-corrected chi connectivity index (χ3v) is 3.78. The van der Waals surface area contributed by atoms with E-state index in [9.17, 15) is 4.39 Å². The Bertz CT molecular complexity index is 562. The Morgan fingerprint density at radius 3 is 3.05 bits per heavy atom. The molecular weight excluding hydrogens is 299 g/mol. The van der Waals surface area contributed by atoms with Gasteiger partial charge < -0.3 is 10.1 Å². The molecule has 1 N–H and O–H groups in total. The molecule has 0 saturated carbocycles. The fourth-order valence-electron chi connectivity index (χ4n) is 1.59. The highest BCUT2D eigenvalue weighted by atomic mass is 35.5. The molecule has 0 aliphatic heterocycles. The zero-order chi connectivity index (χ0) is 14.4. The van der Waals surface area contributed by atoms with Crippen molar-refractivity contribution < 1.29 is 9.13 Å². The lowest BCUT2D eigenvalue weighted by atomic mass is 10.3. The fraction of sp³-hybridized carbons (Fsp3) is 0.357. The van der Waals surface area contributed by atoms with Crippen LogP contribution in [0.3, 0.4) is 0 Å². The van der Waals surface area contributed by atoms with E-state index < -0.39 is 5.82 Å². The molecule has 0 radical (unpaired) electrons. The van der Waals surface area contributed by atoms with Gasteiger partial charge in [0.2, 0.25) is 0 Å². The summed E-state index contributed by atoms with van der Waals surface area (Å²) in [6, 6.07) is 4.40. The van der Waals surface area contributed by atoms with Gasteiger partial charge in [-0.1, -0.05) is 18.5 Å². The highest BCUT2D eigenvalue weighted by Gasteiger charge is 2.05. The number of nitrogens with one attached hydrogen (secondary N) is 1. The van der Waals surface area contributed by atoms with Crippen LogP contribution in [0.5, 0.6) is 5.75 Å². The average Bonchev–Trinajstić information content (AvgIpc) is 2.88. The molecule has 0 saturated heterocycles. The summed E-state index contributed by atoms with van der Waals surface area (Å²) in [4.78, 5) is 4.45. The van der Waals surface area contributed by atoms with Crippen LogP contribution in [0, 0.1) is 5.82 Å². The normalized spacial score (nSPS) is 10.8. The topological polar surface area (TPSA) is 34.2 Å². The van der Waals surface area contributed by atoms with Gasteiger partial charge in [-0.2, -0.15) is 0 Å². The maximum atomic E-state index is 13.2. The molecule has 2 rings (SSSR count). The summed E-state index contributed by atoms with van der Waals surface area (Å²) >= 11 is 7.21. The van der Waals surface area contributed by atoms with Gasteiger partial charge in [-0.3, -0.25) is 0 Å². The van der Waals surface area contributed by atoms with Crippen LogP contribution in [0.1, 0.15) is 24.0 Å². The maximum Gasteiger partial charge on any atom is 0.145 e. The van der Waals surface area contributed by atoms with Crippen molar-refractivity contribution >= 4 is 22.9 Å². The van der Waals surface area contributed by atoms with Crippen molar-refractivity contribution in [3.63, 3.8) is 0 Å². The van der Waals surface area contributed by atoms with Crippen LogP contribution in [-0.4, -0.2) is 11.5 Å². The van der Waals surface area contributed by atoms with Gasteiger partial charge in [0.1, 0.15) is 23.2 Å². The van der Waals surface area contributed by atoms with Crippen LogP contribution in [0.4, 0.5) is 4.39 Å². The molecule has 0 unspecified atom stereocenters. The second-order valence-electron chi connectivity index (χ2n) is 4.27. The van der Waals surface area contributed by atoms with E-state index in [2.05, 4.69) is 17.2 Å². The Balaban J connectivity index is 1.85. The summed E-state index contributed by atoms with van der Waals surface area (Å²) in [5.41, 5.74) is 0.846. The summed E-state index contributed by atoms with van der Waals surface area (Å²) in [7, 11) is 0. The third kappa shape index (κ3) is 4.44. The molecule has 0 fully saturated rings. The second kappa shape index (κ2) is 7.57. The Kier molecular flexibility index (Phi) is 5.76. The number of aromatic nitrogens is 1. The molecule has 2 aromatic rings. The lowest BCUT2D eigenvalue weighted by molar-refractivity contribution is 0.300. The highest BCUT2D eigenvalue weighted by Crippen LogP contribution is 2.21. The summed E-state index contributed by atoms with van der Waals surface area (Å²) in [5, 5.41) is 6.37. The number of ether oxygens (including phenoxy) is 1. The quantitative estimate of drug-likeness (QED) is 0.784. The van der Waals surface area contributed by atoms with Crippen molar-refractivity contribution in [3.05, 3.63) is 45.1 Å². The first-order valence-corrected chi connectivity index (χ1v) is 7.66. The number of halogens is 2. The zero-order valence-corrected chi connectivity index (χ0v) is 12.7. The van der Waals surface area contributed by atoms with Crippen LogP contribution in [0.25, 0.3) is 0 Å². The summed E-state index contributed by atoms with van der Waals surface area (Å²) < 4.78 is 18.7. The molecule has 0 atom stereocenters. The van der Waals surface area contributed by atoms with Crippen molar-refractivity contribution in [2.75, 3.05) is 6.54 Å². The third-order valence-electron chi connectivity index (χ3n) is 2.58. The van der Waals surface area contributed by atoms with Crippen LogP contribution < -0.4 is 10.1 Å². The summed E-state index contributed by atoms with van der Waals surface area (Å²) in [5.74, 6) is -0.0301. The van der Waals surface area contributed by atoms with Gasteiger partial charge in [-0.05, 0) is 25.1 Å². The number of benzene rings is 1. The van der Waals surface area contributed by atoms with Gasteiger partial charge >= 0.3 is 0 Å². The van der Waals surface area contributed by atoms with E-state index in [1.807, 2.05) is 5.38 Å². The van der Waals surface area contributed by atoms with Crippen molar-refractivity contribution in [1.82, 2.24) is 10.3 Å². The van der Waals surface area contributed by atoms with E-state index in [4.69, 9.17) is 16.3 Å². The van der Waals surface area contributed by atoms with Gasteiger partial charge in [0.05, 0.1) is 10.7 Å². The lowest BCUT2D eigenvalue weighted by Gasteiger charge is -2.04. The summed E-state index contributed by atoms with van der Waals surface area (Å²) in [6.45, 7) is 4.20. The number of hydrogen-bond donors (Lipinski definition) is 1. The van der Waals surface area contributed by atoms with Crippen LogP contribution in [0.15, 0.2) is 23.6 Å². The van der Waals surface area contributed by atoms with Crippen LogP contribution in [-0.2, 0) is 13.2 Å². The molecular formula is C14H16ClFN2OS. The van der Waals surface area contributed by atoms with E-state index in [1.54, 1.807) is 17.4 Å². The van der Waals surface area contributed by atoms with Crippen molar-refractivity contribution in [2.45, 2.75) is 26.5 Å². The SMILES string of the molecule is CCCNCc1nc(COc2ccc(Cl)c(F)c2)cs1. The van der Waals surface area contributed by atoms with Gasteiger partial charge in [0.25, 0.3) is 0 Å². The van der Waals surface area contributed by atoms with Gasteiger partial charge in [-0.25, -0.2) is 9.37 Å². The number of nitrogens with zero attached hydrogens (tertiary/aromatic N) is 1. The monoisotopic (exact) mass is 314 g/mol. The van der Waals surface area contributed by atoms with E-state index in [0.29, 0.717) is 12.4 Å². The highest BCUT2D eigenvalue weighted by molar-refractivity contribution is 7.09. The molecule has 1 aromatic heterocycles. The Labute approximate surface area is 126 Å². The van der Waals surface area contributed by atoms with Gasteiger partial charge in [-0.15, -0.1) is 11.3 Å². The number of thiazole rings is 1. The first-order valence-electron chi connectivity index (χ1n) is 6.41. The number of rotatable bonds is 7. The van der Waals surface area contributed by atoms with E-state index in [-0.39, 0.29) is 5.02 Å². The zero-order valence-electron chi connectivity index (χ0n) is 11.2. The molecule has 0 spiro atoms. The molecule has 0 aliphatic carbocycles. The summed E-state index contributed by atoms with van der Waals surface area (Å²) in [6.07, 6.45) is 1.10. The standard InChI is InChI=1S/C14H16ClFN2OS/c1-2-5-17-7-14-18-10(9-20-14)8-19-11-3-4-12(15)13(16)6-11/h3-4,6,9,17H,2,5,7-8H2,1H3. The average molecular weight is 315 g/mol. The molecule has 0 bridgehead atoms. The minimum Gasteiger partial charge on any atom is -0.487 e.